The molecule has 1 aromatic rings. The van der Waals surface area contributed by atoms with Crippen LogP contribution in [0.1, 0.15) is 23.7 Å². The van der Waals surface area contributed by atoms with Crippen molar-refractivity contribution in [3.8, 4) is 0 Å². The van der Waals surface area contributed by atoms with Gasteiger partial charge in [0.1, 0.15) is 18.0 Å². The zero-order chi connectivity index (χ0) is 21.2. The number of amides is 2. The molecule has 29 heavy (non-hydrogen) atoms. The van der Waals surface area contributed by atoms with Crippen molar-refractivity contribution in [2.45, 2.75) is 38.8 Å². The van der Waals surface area contributed by atoms with E-state index in [1.165, 1.54) is 28.8 Å². The van der Waals surface area contributed by atoms with Crippen LogP contribution in [-0.4, -0.2) is 60.6 Å². The highest BCUT2D eigenvalue weighted by Crippen LogP contribution is 2.72. The molecular formula is C18H15Cl3N2O5S. The third kappa shape index (κ3) is 3.21. The van der Waals surface area contributed by atoms with Gasteiger partial charge >= 0.3 is 5.97 Å². The molecule has 3 aliphatic rings. The molecule has 2 heterocycles. The summed E-state index contributed by atoms with van der Waals surface area (Å²) in [5.74, 6) is -2.68. The Kier molecular flexibility index (Phi) is 4.85. The van der Waals surface area contributed by atoms with E-state index in [-0.39, 0.29) is 5.56 Å². The average Bonchev–Trinajstić information content (AvgIpc) is 3.21. The Morgan fingerprint density at radius 2 is 1.93 bits per heavy atom. The number of rotatable bonds is 5. The molecule has 0 radical (unpaired) electrons. The molecule has 1 aliphatic carbocycles. The highest BCUT2D eigenvalue weighted by Gasteiger charge is 2.85. The number of carbonyl (C=O) groups excluding carboxylic acids is 4. The van der Waals surface area contributed by atoms with Crippen LogP contribution in [0.3, 0.4) is 0 Å². The highest BCUT2D eigenvalue weighted by molar-refractivity contribution is 8.02. The van der Waals surface area contributed by atoms with Crippen molar-refractivity contribution < 1.29 is 23.9 Å². The summed E-state index contributed by atoms with van der Waals surface area (Å²) in [4.78, 5) is 51.4. The molecule has 3 fully saturated rings. The summed E-state index contributed by atoms with van der Waals surface area (Å²) < 4.78 is 2.82. The maximum Gasteiger partial charge on any atom is 0.333 e. The first-order chi connectivity index (χ1) is 13.5. The molecule has 1 N–H and O–H groups in total. The minimum atomic E-state index is -1.75. The predicted molar refractivity (Wildman–Crippen MR) is 108 cm³/mol. The standard InChI is InChI=1S/C18H15Cl3N2O5S/c1-16-7-17(16,15(27)28-8-18(19,20)21)23-13(26)10(14(23)29-16)22-12(25)11(24)9-5-3-2-4-6-9/h2-6,10,14H,7-8H2,1H3,(H,22,25)/t10?,14-,16?,17?/m0/s1. The van der Waals surface area contributed by atoms with Gasteiger partial charge in [0, 0.05) is 12.0 Å². The number of carbonyl (C=O) groups is 4. The van der Waals surface area contributed by atoms with Crippen molar-refractivity contribution in [1.29, 1.82) is 0 Å². The van der Waals surface area contributed by atoms with Gasteiger partial charge in [-0.1, -0.05) is 65.1 Å². The molecule has 2 saturated heterocycles. The molecular weight excluding hydrogens is 463 g/mol. The average molecular weight is 478 g/mol. The summed E-state index contributed by atoms with van der Waals surface area (Å²) in [6.07, 6.45) is 0.412. The van der Waals surface area contributed by atoms with Crippen LogP contribution in [0.25, 0.3) is 0 Å². The summed E-state index contributed by atoms with van der Waals surface area (Å²) >= 11 is 18.3. The first-order valence-corrected chi connectivity index (χ1v) is 10.7. The fourth-order valence-corrected chi connectivity index (χ4v) is 5.97. The molecule has 2 amide bonds. The van der Waals surface area contributed by atoms with Gasteiger partial charge in [0.25, 0.3) is 5.91 Å². The Balaban J connectivity index is 1.44. The van der Waals surface area contributed by atoms with E-state index in [0.717, 1.165) is 0 Å². The van der Waals surface area contributed by atoms with E-state index in [1.807, 2.05) is 6.92 Å². The van der Waals surface area contributed by atoms with Crippen molar-refractivity contribution >= 4 is 70.1 Å². The lowest BCUT2D eigenvalue weighted by atomic mass is 10.00. The molecule has 3 unspecified atom stereocenters. The van der Waals surface area contributed by atoms with Crippen molar-refractivity contribution in [2.75, 3.05) is 6.61 Å². The Labute approximate surface area is 185 Å². The highest BCUT2D eigenvalue weighted by atomic mass is 35.6. The zero-order valence-corrected chi connectivity index (χ0v) is 18.1. The van der Waals surface area contributed by atoms with Crippen LogP contribution in [0.2, 0.25) is 0 Å². The number of Topliss-reactive ketones (excluding diaryl/α,β-unsaturated/α-hetero) is 1. The number of benzene rings is 1. The van der Waals surface area contributed by atoms with E-state index >= 15 is 0 Å². The Bertz CT molecular complexity index is 924. The van der Waals surface area contributed by atoms with Gasteiger partial charge in [-0.25, -0.2) is 4.79 Å². The number of β-lactam (4-membered cyclic amide) rings is 1. The maximum atomic E-state index is 12.7. The van der Waals surface area contributed by atoms with Crippen molar-refractivity contribution in [2.24, 2.45) is 0 Å². The van der Waals surface area contributed by atoms with E-state index in [4.69, 9.17) is 39.5 Å². The van der Waals surface area contributed by atoms with Crippen LogP contribution in [0, 0.1) is 0 Å². The van der Waals surface area contributed by atoms with Gasteiger partial charge in [0.15, 0.2) is 5.54 Å². The van der Waals surface area contributed by atoms with Gasteiger partial charge in [-0.2, -0.15) is 0 Å². The number of nitrogens with one attached hydrogen (secondary N) is 1. The molecule has 0 bridgehead atoms. The zero-order valence-electron chi connectivity index (χ0n) is 15.0. The molecule has 0 spiro atoms. The van der Waals surface area contributed by atoms with Crippen LogP contribution in [0.5, 0.6) is 0 Å². The van der Waals surface area contributed by atoms with Crippen LogP contribution in [0.4, 0.5) is 0 Å². The van der Waals surface area contributed by atoms with Crippen molar-refractivity contribution in [3.63, 3.8) is 0 Å². The number of ketones is 1. The molecule has 154 valence electrons. The van der Waals surface area contributed by atoms with Crippen molar-refractivity contribution in [3.05, 3.63) is 35.9 Å². The number of thioether (sulfide) groups is 1. The number of nitrogens with zero attached hydrogens (tertiary/aromatic N) is 1. The predicted octanol–water partition coefficient (Wildman–Crippen LogP) is 2.08. The second-order valence-electron chi connectivity index (χ2n) is 7.32. The third-order valence-corrected chi connectivity index (χ3v) is 7.47. The maximum absolute atomic E-state index is 12.7. The molecule has 7 nitrogen and oxygen atoms in total. The number of hydrogen-bond donors (Lipinski definition) is 1. The number of fused-ring (bicyclic) bond motifs is 3. The van der Waals surface area contributed by atoms with Gasteiger partial charge < -0.3 is 15.0 Å². The van der Waals surface area contributed by atoms with Gasteiger partial charge in [-0.05, 0) is 6.92 Å². The summed E-state index contributed by atoms with van der Waals surface area (Å²) in [7, 11) is 0. The van der Waals surface area contributed by atoms with Crippen molar-refractivity contribution in [1.82, 2.24) is 10.2 Å². The van der Waals surface area contributed by atoms with E-state index < -0.39 is 55.7 Å². The second kappa shape index (κ2) is 6.77. The lowest BCUT2D eigenvalue weighted by Crippen LogP contribution is -2.72. The number of hydrogen-bond acceptors (Lipinski definition) is 6. The van der Waals surface area contributed by atoms with E-state index in [2.05, 4.69) is 5.32 Å². The Hall–Kier alpha value is -1.48. The van der Waals surface area contributed by atoms with Gasteiger partial charge in [-0.3, -0.25) is 14.4 Å². The molecule has 1 saturated carbocycles. The number of ether oxygens (including phenoxy) is 1. The number of esters is 1. The third-order valence-electron chi connectivity index (χ3n) is 5.41. The van der Waals surface area contributed by atoms with Crippen LogP contribution in [0.15, 0.2) is 30.3 Å². The summed E-state index contributed by atoms with van der Waals surface area (Å²) in [5.41, 5.74) is -0.908. The fourth-order valence-electron chi connectivity index (χ4n) is 3.89. The van der Waals surface area contributed by atoms with E-state index in [0.29, 0.717) is 6.42 Å². The van der Waals surface area contributed by atoms with Gasteiger partial charge in [0.05, 0.1) is 4.75 Å². The monoisotopic (exact) mass is 476 g/mol. The first-order valence-electron chi connectivity index (χ1n) is 8.65. The normalized spacial score (nSPS) is 32.0. The molecule has 4 atom stereocenters. The second-order valence-corrected chi connectivity index (χ2v) is 11.5. The topological polar surface area (TPSA) is 92.8 Å². The van der Waals surface area contributed by atoms with E-state index in [9.17, 15) is 19.2 Å². The minimum absolute atomic E-state index is 0.231. The Morgan fingerprint density at radius 3 is 2.55 bits per heavy atom. The summed E-state index contributed by atoms with van der Waals surface area (Å²) in [5, 5.41) is 2.03. The summed E-state index contributed by atoms with van der Waals surface area (Å²) in [6, 6.07) is 7.17. The quantitative estimate of drug-likeness (QED) is 0.229. The van der Waals surface area contributed by atoms with E-state index in [1.54, 1.807) is 18.2 Å². The van der Waals surface area contributed by atoms with Crippen LogP contribution < -0.4 is 5.32 Å². The molecule has 1 aromatic carbocycles. The molecule has 4 rings (SSSR count). The number of halogens is 3. The van der Waals surface area contributed by atoms with Crippen LogP contribution >= 0.6 is 46.6 Å². The first kappa shape index (κ1) is 20.8. The Morgan fingerprint density at radius 1 is 1.28 bits per heavy atom. The smallest absolute Gasteiger partial charge is 0.333 e. The molecule has 0 aromatic heterocycles. The largest absolute Gasteiger partial charge is 0.459 e. The van der Waals surface area contributed by atoms with Crippen LogP contribution in [-0.2, 0) is 19.1 Å². The molecule has 2 aliphatic heterocycles. The lowest BCUT2D eigenvalue weighted by molar-refractivity contribution is -0.166. The van der Waals surface area contributed by atoms with Gasteiger partial charge in [0.2, 0.25) is 15.5 Å². The SMILES string of the molecule is CC12CC1(C(=O)OCC(Cl)(Cl)Cl)N1C(=O)C(NC(=O)C(=O)c3ccccc3)[C@@H]1S2. The summed E-state index contributed by atoms with van der Waals surface area (Å²) in [6.45, 7) is 1.41. The fraction of sp³-hybridized carbons (Fsp3) is 0.444. The minimum Gasteiger partial charge on any atom is -0.459 e. The van der Waals surface area contributed by atoms with Gasteiger partial charge in [-0.15, -0.1) is 11.8 Å². The lowest BCUT2D eigenvalue weighted by Gasteiger charge is -2.46. The number of alkyl halides is 3. The molecule has 11 heteroatoms.